The number of carbonyl (C=O) groups is 1. The second-order valence-electron chi connectivity index (χ2n) is 17.3. The van der Waals surface area contributed by atoms with E-state index in [2.05, 4.69) is 12.7 Å². The number of halogens is 1. The van der Waals surface area contributed by atoms with Crippen LogP contribution < -0.4 is 18.9 Å². The number of ether oxygens (including phenoxy) is 7. The number of benzene rings is 4. The van der Waals surface area contributed by atoms with Crippen molar-refractivity contribution >= 4 is 11.8 Å². The molecule has 0 bridgehead atoms. The Morgan fingerprint density at radius 1 is 0.896 bits per heavy atom. The third kappa shape index (κ3) is 10.8. The van der Waals surface area contributed by atoms with E-state index in [0.717, 1.165) is 47.9 Å². The molecule has 6 unspecified atom stereocenters. The Balaban J connectivity index is 1.24. The van der Waals surface area contributed by atoms with Gasteiger partial charge in [-0.25, -0.2) is 9.18 Å². The molecule has 67 heavy (non-hydrogen) atoms. The van der Waals surface area contributed by atoms with Gasteiger partial charge in [0.1, 0.15) is 43.7 Å². The number of nitrogens with zero attached hydrogens (tertiary/aromatic N) is 2. The number of hydrogen-bond donors (Lipinski definition) is 2. The predicted molar refractivity (Wildman–Crippen MR) is 248 cm³/mol. The zero-order valence-electron chi connectivity index (χ0n) is 38.1. The first-order valence-corrected chi connectivity index (χ1v) is 23.3. The highest BCUT2D eigenvalue weighted by atomic mass is 19.1. The normalized spacial score (nSPS) is 22.8. The van der Waals surface area contributed by atoms with Crippen molar-refractivity contribution in [3.63, 3.8) is 0 Å². The molecule has 356 valence electrons. The first-order chi connectivity index (χ1) is 32.9. The van der Waals surface area contributed by atoms with Crippen LogP contribution in [0.2, 0.25) is 0 Å². The summed E-state index contributed by atoms with van der Waals surface area (Å²) in [5, 5.41) is 24.6. The molecule has 2 aliphatic heterocycles. The second-order valence-corrected chi connectivity index (χ2v) is 17.3. The molecule has 13 nitrogen and oxygen atoms in total. The minimum Gasteiger partial charge on any atom is -0.489 e. The smallest absolute Gasteiger partial charge is 0.410 e. The SMILES string of the molecule is C=CCOC12Oc3ccc(OCc4ccccc4F)cc3C3C(CCCCO)C(CCCCO)C=C(C(=NOC)CC1N(Cc1ccc4c(c1)OCO4)C(=O)OCCOCc1ccccc1)C32. The van der Waals surface area contributed by atoms with Gasteiger partial charge in [0, 0.05) is 43.2 Å². The number of carbonyl (C=O) groups excluding carboxylic acids is 1. The molecular weight excluding hydrogens is 860 g/mol. The molecule has 6 atom stereocenters. The lowest BCUT2D eigenvalue weighted by atomic mass is 9.55. The fourth-order valence-electron chi connectivity index (χ4n) is 10.2. The van der Waals surface area contributed by atoms with E-state index in [1.807, 2.05) is 66.7 Å². The number of amides is 1. The van der Waals surface area contributed by atoms with Crippen molar-refractivity contribution in [1.82, 2.24) is 4.90 Å². The van der Waals surface area contributed by atoms with Gasteiger partial charge in [0.05, 0.1) is 31.5 Å². The lowest BCUT2D eigenvalue weighted by Gasteiger charge is -2.59. The van der Waals surface area contributed by atoms with Crippen molar-refractivity contribution in [3.05, 3.63) is 143 Å². The summed E-state index contributed by atoms with van der Waals surface area (Å²) in [6, 6.07) is 26.7. The average Bonchev–Trinajstić information content (AvgIpc) is 3.82. The van der Waals surface area contributed by atoms with Crippen LogP contribution in [0.4, 0.5) is 9.18 Å². The van der Waals surface area contributed by atoms with Crippen molar-refractivity contribution in [3.8, 4) is 23.0 Å². The Labute approximate surface area is 391 Å². The van der Waals surface area contributed by atoms with Gasteiger partial charge in [0.15, 0.2) is 11.5 Å². The highest BCUT2D eigenvalue weighted by Gasteiger charge is 2.65. The van der Waals surface area contributed by atoms with Gasteiger partial charge in [-0.15, -0.1) is 6.58 Å². The second kappa shape index (κ2) is 22.7. The molecule has 0 saturated heterocycles. The molecule has 8 rings (SSSR count). The van der Waals surface area contributed by atoms with Gasteiger partial charge in [-0.2, -0.15) is 0 Å². The quantitative estimate of drug-likeness (QED) is 0.0417. The maximum atomic E-state index is 14.9. The average molecular weight is 921 g/mol. The van der Waals surface area contributed by atoms with Gasteiger partial charge in [-0.1, -0.05) is 84.7 Å². The van der Waals surface area contributed by atoms with Gasteiger partial charge in [0.25, 0.3) is 0 Å². The first kappa shape index (κ1) is 47.6. The van der Waals surface area contributed by atoms with Crippen LogP contribution >= 0.6 is 0 Å². The third-order valence-corrected chi connectivity index (χ3v) is 13.2. The summed E-state index contributed by atoms with van der Waals surface area (Å²) < 4.78 is 59.0. The molecule has 1 saturated carbocycles. The summed E-state index contributed by atoms with van der Waals surface area (Å²) in [5.41, 5.74) is 4.57. The van der Waals surface area contributed by atoms with Gasteiger partial charge in [0.2, 0.25) is 12.6 Å². The van der Waals surface area contributed by atoms with E-state index < -0.39 is 23.8 Å². The molecule has 0 radical (unpaired) electrons. The molecule has 0 spiro atoms. The van der Waals surface area contributed by atoms with E-state index in [1.54, 1.807) is 29.2 Å². The van der Waals surface area contributed by atoms with Crippen LogP contribution in [0, 0.1) is 23.6 Å². The van der Waals surface area contributed by atoms with Gasteiger partial charge in [-0.05, 0) is 90.6 Å². The third-order valence-electron chi connectivity index (χ3n) is 13.2. The summed E-state index contributed by atoms with van der Waals surface area (Å²) in [4.78, 5) is 22.2. The molecule has 2 heterocycles. The van der Waals surface area contributed by atoms with Gasteiger partial charge < -0.3 is 48.2 Å². The molecule has 0 aromatic heterocycles. The zero-order valence-corrected chi connectivity index (χ0v) is 38.1. The van der Waals surface area contributed by atoms with E-state index in [9.17, 15) is 19.4 Å². The van der Waals surface area contributed by atoms with Crippen molar-refractivity contribution < 1.29 is 57.4 Å². The topological polar surface area (TPSA) is 147 Å². The largest absolute Gasteiger partial charge is 0.489 e. The first-order valence-electron chi connectivity index (χ1n) is 23.3. The molecule has 4 aromatic rings. The zero-order chi connectivity index (χ0) is 46.6. The maximum Gasteiger partial charge on any atom is 0.410 e. The summed E-state index contributed by atoms with van der Waals surface area (Å²) in [5.74, 6) is -0.499. The lowest BCUT2D eigenvalue weighted by molar-refractivity contribution is -0.256. The van der Waals surface area contributed by atoms with Crippen LogP contribution in [0.5, 0.6) is 23.0 Å². The number of oxime groups is 1. The van der Waals surface area contributed by atoms with Crippen LogP contribution in [0.3, 0.4) is 0 Å². The molecule has 1 amide bonds. The van der Waals surface area contributed by atoms with Gasteiger partial charge in [-0.3, -0.25) is 4.90 Å². The van der Waals surface area contributed by atoms with Crippen LogP contribution in [0.1, 0.15) is 73.1 Å². The summed E-state index contributed by atoms with van der Waals surface area (Å²) in [6.45, 7) is 4.93. The van der Waals surface area contributed by atoms with Crippen molar-refractivity contribution in [2.24, 2.45) is 22.9 Å². The van der Waals surface area contributed by atoms with Crippen LogP contribution in [-0.2, 0) is 38.8 Å². The van der Waals surface area contributed by atoms with Crippen molar-refractivity contribution in [2.45, 2.75) is 82.5 Å². The minimum absolute atomic E-state index is 0.0165. The van der Waals surface area contributed by atoms with Crippen LogP contribution in [0.25, 0.3) is 0 Å². The Kier molecular flexibility index (Phi) is 16.1. The van der Waals surface area contributed by atoms with E-state index >= 15 is 0 Å². The number of aliphatic hydroxyl groups is 2. The highest BCUT2D eigenvalue weighted by molar-refractivity contribution is 6.03. The fraction of sp³-hybridized carbons (Fsp3) is 0.434. The minimum atomic E-state index is -1.54. The number of hydrogen-bond acceptors (Lipinski definition) is 12. The van der Waals surface area contributed by atoms with Crippen LogP contribution in [-0.4, -0.2) is 85.7 Å². The standard InChI is InChI=1S/C53H61FN2O11/c1-3-25-66-53-49(56(32-37-19-21-47-48(28-37)65-35-64-47)52(59)62-27-26-61-33-36-13-5-4-6-14-36)31-45(55-60-2)42-29-38(15-9-11-23-57)41(17-10-12-24-58)50(51(42)53)43-30-40(20-22-46(43)67-53)63-34-39-16-7-8-18-44(39)54/h3-8,13-14,16,18-22,28-30,38,41,49-51,57-58H,1,9-12,15,17,23-27,31-35H2,2H3. The van der Waals surface area contributed by atoms with Gasteiger partial charge >= 0.3 is 6.09 Å². The Morgan fingerprint density at radius 2 is 1.67 bits per heavy atom. The Morgan fingerprint density at radius 3 is 2.46 bits per heavy atom. The van der Waals surface area contributed by atoms with Crippen molar-refractivity contribution in [2.75, 3.05) is 46.9 Å². The Hall–Kier alpha value is -5.93. The molecule has 1 fully saturated rings. The van der Waals surface area contributed by atoms with E-state index in [1.165, 1.54) is 13.2 Å². The summed E-state index contributed by atoms with van der Waals surface area (Å²) in [6.07, 6.45) is 7.84. The Bertz CT molecular complexity index is 2360. The van der Waals surface area contributed by atoms with E-state index in [-0.39, 0.29) is 83.0 Å². The molecule has 4 aliphatic rings. The lowest BCUT2D eigenvalue weighted by Crippen LogP contribution is -2.70. The molecule has 4 aromatic carbocycles. The molecule has 2 N–H and O–H groups in total. The monoisotopic (exact) mass is 920 g/mol. The predicted octanol–water partition coefficient (Wildman–Crippen LogP) is 9.25. The number of aliphatic hydroxyl groups excluding tert-OH is 2. The maximum absolute atomic E-state index is 14.9. The fourth-order valence-corrected chi connectivity index (χ4v) is 10.2. The van der Waals surface area contributed by atoms with Crippen LogP contribution in [0.15, 0.2) is 120 Å². The number of allylic oxidation sites excluding steroid dienone is 1. The summed E-state index contributed by atoms with van der Waals surface area (Å²) in [7, 11) is 1.51. The number of rotatable bonds is 23. The number of unbranched alkanes of at least 4 members (excludes halogenated alkanes) is 2. The van der Waals surface area contributed by atoms with E-state index in [0.29, 0.717) is 53.7 Å². The highest BCUT2D eigenvalue weighted by Crippen LogP contribution is 2.62. The summed E-state index contributed by atoms with van der Waals surface area (Å²) >= 11 is 0. The van der Waals surface area contributed by atoms with Crippen molar-refractivity contribution in [1.29, 1.82) is 0 Å². The number of fused-ring (bicyclic) bond motifs is 3. The molecular formula is C53H61FN2O11. The molecule has 14 heteroatoms. The molecule has 2 aliphatic carbocycles. The van der Waals surface area contributed by atoms with E-state index in [4.69, 9.17) is 43.2 Å².